The van der Waals surface area contributed by atoms with E-state index in [9.17, 15) is 49.1 Å². The Morgan fingerprint density at radius 3 is 1.34 bits per heavy atom. The summed E-state index contributed by atoms with van der Waals surface area (Å²) in [4.78, 5) is -2.87. The molecule has 20 nitrogen and oxygen atoms in total. The van der Waals surface area contributed by atoms with Gasteiger partial charge in [-0.05, 0) is 96.7 Å². The van der Waals surface area contributed by atoms with Crippen LogP contribution >= 0.6 is 0 Å². The Kier molecular flexibility index (Phi) is 11.4. The van der Waals surface area contributed by atoms with E-state index in [1.54, 1.807) is 42.5 Å². The molecule has 23 heteroatoms. The van der Waals surface area contributed by atoms with Gasteiger partial charge in [-0.25, -0.2) is 0 Å². The van der Waals surface area contributed by atoms with E-state index in [1.165, 1.54) is 43.3 Å². The van der Waals surface area contributed by atoms with E-state index in [0.29, 0.717) is 17.4 Å². The fraction of sp³-hybridized carbons (Fsp3) is 0.0256. The number of azo groups is 4. The Bertz CT molecular complexity index is 3410. The Labute approximate surface area is 351 Å². The van der Waals surface area contributed by atoms with Gasteiger partial charge in [-0.2, -0.15) is 50.8 Å². The summed E-state index contributed by atoms with van der Waals surface area (Å²) in [5.41, 5.74) is 5.70. The molecule has 7 aromatic carbocycles. The molecule has 7 aromatic rings. The lowest BCUT2D eigenvalue weighted by molar-refractivity contribution is 0.471. The number of rotatable bonds is 11. The number of anilines is 1. The highest BCUT2D eigenvalue weighted by molar-refractivity contribution is 7.86. The third-order valence-corrected chi connectivity index (χ3v) is 11.7. The number of hydrogen-bond donors (Lipinski definition) is 6. The molecule has 0 radical (unpaired) electrons. The molecule has 7 rings (SSSR count). The van der Waals surface area contributed by atoms with Gasteiger partial charge in [-0.15, -0.1) is 15.3 Å². The van der Waals surface area contributed by atoms with Gasteiger partial charge in [-0.1, -0.05) is 36.4 Å². The Morgan fingerprint density at radius 1 is 0.435 bits per heavy atom. The molecule has 314 valence electrons. The molecule has 0 unspecified atom stereocenters. The lowest BCUT2D eigenvalue weighted by Crippen LogP contribution is -2.04. The summed E-state index contributed by atoms with van der Waals surface area (Å²) in [6.45, 7) is 1.46. The summed E-state index contributed by atoms with van der Waals surface area (Å²) in [5.74, 6) is -1.73. The predicted molar refractivity (Wildman–Crippen MR) is 226 cm³/mol. The first-order valence-corrected chi connectivity index (χ1v) is 21.8. The zero-order valence-electron chi connectivity index (χ0n) is 31.5. The standard InChI is InChI=1S/C39H29N9O11S3/c1-21-27-18-32(61(54,55)56)36(47-44-25-14-12-24(13-15-25)42-41-22-8-4-2-5-9-22)38(49)26(27)16-17-29(21)45-46-30-20-31(60(51,52)53)28-19-33(62(57,58)59)37(39(50)34(28)35(30)40)48-43-23-10-6-3-7-11-23/h2-20,49-50H,40H2,1H3,(H,51,52,53)(H,54,55,56)(H,57,58,59). The van der Waals surface area contributed by atoms with Crippen LogP contribution in [0.1, 0.15) is 5.56 Å². The highest BCUT2D eigenvalue weighted by Crippen LogP contribution is 2.49. The molecule has 0 spiro atoms. The second-order valence-corrected chi connectivity index (χ2v) is 17.3. The first-order valence-electron chi connectivity index (χ1n) is 17.5. The first-order chi connectivity index (χ1) is 29.3. The van der Waals surface area contributed by atoms with Crippen molar-refractivity contribution in [3.8, 4) is 11.5 Å². The number of phenols is 2. The normalized spacial score (nSPS) is 12.8. The van der Waals surface area contributed by atoms with Crippen LogP contribution in [0.5, 0.6) is 11.5 Å². The van der Waals surface area contributed by atoms with Crippen molar-refractivity contribution in [2.45, 2.75) is 21.6 Å². The van der Waals surface area contributed by atoms with Crippen molar-refractivity contribution in [2.75, 3.05) is 5.73 Å². The Hall–Kier alpha value is -7.41. The van der Waals surface area contributed by atoms with Gasteiger partial charge in [0.25, 0.3) is 30.4 Å². The van der Waals surface area contributed by atoms with Crippen LogP contribution in [0.25, 0.3) is 21.5 Å². The molecule has 0 saturated carbocycles. The molecule has 0 aliphatic carbocycles. The summed E-state index contributed by atoms with van der Waals surface area (Å²) in [7, 11) is -15.5. The number of benzene rings is 7. The second kappa shape index (κ2) is 16.6. The molecule has 0 amide bonds. The van der Waals surface area contributed by atoms with E-state index < -0.39 is 90.1 Å². The lowest BCUT2D eigenvalue weighted by Gasteiger charge is -2.14. The molecule has 0 aliphatic heterocycles. The topological polar surface area (TPSA) is 328 Å². The number of fused-ring (bicyclic) bond motifs is 2. The monoisotopic (exact) mass is 895 g/mol. The van der Waals surface area contributed by atoms with Crippen LogP contribution in [-0.4, -0.2) is 49.1 Å². The number of hydrogen-bond acceptors (Lipinski definition) is 17. The van der Waals surface area contributed by atoms with Crippen LogP contribution in [0.4, 0.5) is 51.2 Å². The smallest absolute Gasteiger partial charge is 0.296 e. The van der Waals surface area contributed by atoms with Crippen LogP contribution in [0.3, 0.4) is 0 Å². The van der Waals surface area contributed by atoms with Crippen LogP contribution in [0.2, 0.25) is 0 Å². The van der Waals surface area contributed by atoms with E-state index in [0.717, 1.165) is 12.1 Å². The van der Waals surface area contributed by atoms with Gasteiger partial charge in [0, 0.05) is 10.8 Å². The summed E-state index contributed by atoms with van der Waals surface area (Å²) >= 11 is 0. The molecule has 0 fully saturated rings. The van der Waals surface area contributed by atoms with Gasteiger partial charge >= 0.3 is 0 Å². The quantitative estimate of drug-likeness (QED) is 0.0401. The van der Waals surface area contributed by atoms with Crippen LogP contribution in [0, 0.1) is 6.92 Å². The zero-order chi connectivity index (χ0) is 44.6. The molecule has 0 aliphatic rings. The highest BCUT2D eigenvalue weighted by atomic mass is 32.2. The molecule has 0 aromatic heterocycles. The molecule has 7 N–H and O–H groups in total. The van der Waals surface area contributed by atoms with Crippen molar-refractivity contribution in [1.82, 2.24) is 0 Å². The Morgan fingerprint density at radius 2 is 0.855 bits per heavy atom. The summed E-state index contributed by atoms with van der Waals surface area (Å²) in [6, 6.07) is 28.1. The van der Waals surface area contributed by atoms with E-state index in [-0.39, 0.29) is 33.4 Å². The van der Waals surface area contributed by atoms with Crippen LogP contribution < -0.4 is 5.73 Å². The van der Waals surface area contributed by atoms with Crippen LogP contribution in [0.15, 0.2) is 171 Å². The van der Waals surface area contributed by atoms with Gasteiger partial charge < -0.3 is 15.9 Å². The number of aryl methyl sites for hydroxylation is 1. The van der Waals surface area contributed by atoms with Gasteiger partial charge in [-0.3, -0.25) is 13.7 Å². The lowest BCUT2D eigenvalue weighted by atomic mass is 10.0. The SMILES string of the molecule is Cc1c(N=Nc2cc(S(=O)(=O)O)c3cc(S(=O)(=O)O)c(N=Nc4ccccc4)c(O)c3c2N)ccc2c(O)c(N=Nc3ccc(N=Nc4ccccc4)cc3)c(S(=O)(=O)O)cc12. The minimum atomic E-state index is -5.23. The maximum atomic E-state index is 12.6. The Balaban J connectivity index is 1.29. The number of aromatic hydroxyl groups is 2. The van der Waals surface area contributed by atoms with Crippen molar-refractivity contribution in [3.05, 3.63) is 121 Å². The second-order valence-electron chi connectivity index (χ2n) is 13.1. The summed E-state index contributed by atoms with van der Waals surface area (Å²) in [5, 5.41) is 53.6. The van der Waals surface area contributed by atoms with Crippen molar-refractivity contribution < 1.29 is 49.1 Å². The maximum Gasteiger partial charge on any atom is 0.296 e. The van der Waals surface area contributed by atoms with E-state index >= 15 is 0 Å². The summed E-state index contributed by atoms with van der Waals surface area (Å²) in [6.07, 6.45) is 0. The average Bonchev–Trinajstić information content (AvgIpc) is 3.22. The number of nitrogens with zero attached hydrogens (tertiary/aromatic N) is 8. The maximum absolute atomic E-state index is 12.6. The molecular weight excluding hydrogens is 867 g/mol. The predicted octanol–water partition coefficient (Wildman–Crippen LogP) is 10.7. The first kappa shape index (κ1) is 42.7. The molecular formula is C39H29N9O11S3. The number of nitrogens with two attached hydrogens (primary N) is 1. The van der Waals surface area contributed by atoms with Crippen molar-refractivity contribution in [1.29, 1.82) is 0 Å². The molecule has 0 heterocycles. The molecule has 0 atom stereocenters. The van der Waals surface area contributed by atoms with E-state index in [2.05, 4.69) is 40.9 Å². The number of phenolic OH excluding ortho intramolecular Hbond substituents is 2. The van der Waals surface area contributed by atoms with Crippen molar-refractivity contribution >= 4 is 103 Å². The summed E-state index contributed by atoms with van der Waals surface area (Å²) < 4.78 is 106. The third-order valence-electron chi connectivity index (χ3n) is 9.07. The zero-order valence-corrected chi connectivity index (χ0v) is 34.0. The van der Waals surface area contributed by atoms with E-state index in [1.807, 2.05) is 18.2 Å². The van der Waals surface area contributed by atoms with Crippen LogP contribution in [-0.2, 0) is 30.4 Å². The van der Waals surface area contributed by atoms with Crippen molar-refractivity contribution in [3.63, 3.8) is 0 Å². The molecule has 0 saturated heterocycles. The average molecular weight is 896 g/mol. The van der Waals surface area contributed by atoms with Gasteiger partial charge in [0.1, 0.15) is 31.7 Å². The number of nitrogen functional groups attached to an aromatic ring is 1. The molecule has 62 heavy (non-hydrogen) atoms. The fourth-order valence-corrected chi connectivity index (χ4v) is 8.06. The van der Waals surface area contributed by atoms with Crippen molar-refractivity contribution in [2.24, 2.45) is 40.9 Å². The largest absolute Gasteiger partial charge is 0.505 e. The van der Waals surface area contributed by atoms with Gasteiger partial charge in [0.15, 0.2) is 11.5 Å². The minimum Gasteiger partial charge on any atom is -0.505 e. The molecule has 0 bridgehead atoms. The highest BCUT2D eigenvalue weighted by Gasteiger charge is 2.29. The fourth-order valence-electron chi connectivity index (χ4n) is 6.07. The van der Waals surface area contributed by atoms with Gasteiger partial charge in [0.2, 0.25) is 0 Å². The third kappa shape index (κ3) is 8.87. The van der Waals surface area contributed by atoms with E-state index in [4.69, 9.17) is 5.73 Å². The van der Waals surface area contributed by atoms with Gasteiger partial charge in [0.05, 0.1) is 39.5 Å². The minimum absolute atomic E-state index is 0.00624.